The molecule has 2 atom stereocenters. The number of hydrogen-bond donors (Lipinski definition) is 1. The van der Waals surface area contributed by atoms with Crippen molar-refractivity contribution in [2.75, 3.05) is 13.2 Å². The average Bonchev–Trinajstić information content (AvgIpc) is 2.86. The lowest BCUT2D eigenvalue weighted by Crippen LogP contribution is -2.08. The van der Waals surface area contributed by atoms with E-state index in [4.69, 9.17) is 4.74 Å². The van der Waals surface area contributed by atoms with E-state index >= 15 is 0 Å². The van der Waals surface area contributed by atoms with Gasteiger partial charge in [0, 0.05) is 18.4 Å². The minimum atomic E-state index is -0.383. The molecule has 4 heteroatoms. The Bertz CT molecular complexity index is 292. The normalized spacial score (nSPS) is 24.0. The molecule has 1 aromatic rings. The Labute approximate surface area is 83.5 Å². The van der Waals surface area contributed by atoms with Gasteiger partial charge in [-0.15, -0.1) is 0 Å². The lowest BCUT2D eigenvalue weighted by atomic mass is 10.1. The molecule has 0 amide bonds. The Hall–Kier alpha value is -0.870. The van der Waals surface area contributed by atoms with E-state index in [-0.39, 0.29) is 6.10 Å². The second-order valence-corrected chi connectivity index (χ2v) is 3.70. The van der Waals surface area contributed by atoms with Crippen LogP contribution in [0.4, 0.5) is 0 Å². The molecule has 1 N–H and O–H groups in total. The van der Waals surface area contributed by atoms with Crippen LogP contribution in [0.3, 0.4) is 0 Å². The Morgan fingerprint density at radius 2 is 2.64 bits per heavy atom. The van der Waals surface area contributed by atoms with Crippen molar-refractivity contribution in [3.8, 4) is 0 Å². The molecule has 2 unspecified atom stereocenters. The first kappa shape index (κ1) is 9.68. The first-order valence-corrected chi connectivity index (χ1v) is 5.11. The number of aliphatic hydroxyl groups is 1. The van der Waals surface area contributed by atoms with Gasteiger partial charge in [0.1, 0.15) is 0 Å². The van der Waals surface area contributed by atoms with Crippen LogP contribution in [0.15, 0.2) is 12.4 Å². The second kappa shape index (κ2) is 4.11. The predicted octanol–water partition coefficient (Wildman–Crippen LogP) is 1.29. The summed E-state index contributed by atoms with van der Waals surface area (Å²) in [5.41, 5.74) is 0.902. The minimum absolute atomic E-state index is 0.354. The molecule has 0 aromatic carbocycles. The van der Waals surface area contributed by atoms with E-state index in [0.29, 0.717) is 6.04 Å². The highest BCUT2D eigenvalue weighted by Crippen LogP contribution is 2.21. The first-order chi connectivity index (χ1) is 6.81. The molecule has 1 saturated heterocycles. The predicted molar refractivity (Wildman–Crippen MR) is 52.0 cm³/mol. The van der Waals surface area contributed by atoms with E-state index in [0.717, 1.165) is 31.6 Å². The maximum Gasteiger partial charge on any atom is 0.0817 e. The van der Waals surface area contributed by atoms with E-state index < -0.39 is 0 Å². The summed E-state index contributed by atoms with van der Waals surface area (Å²) in [6.45, 7) is 3.51. The molecule has 0 spiro atoms. The zero-order valence-electron chi connectivity index (χ0n) is 8.39. The Kier molecular flexibility index (Phi) is 2.84. The zero-order chi connectivity index (χ0) is 9.97. The third kappa shape index (κ3) is 1.81. The zero-order valence-corrected chi connectivity index (χ0v) is 8.39. The van der Waals surface area contributed by atoms with Crippen molar-refractivity contribution in [1.29, 1.82) is 0 Å². The van der Waals surface area contributed by atoms with Gasteiger partial charge in [0.2, 0.25) is 0 Å². The van der Waals surface area contributed by atoms with Crippen molar-refractivity contribution < 1.29 is 9.84 Å². The summed E-state index contributed by atoms with van der Waals surface area (Å²) in [4.78, 5) is 0. The van der Waals surface area contributed by atoms with E-state index in [1.54, 1.807) is 6.20 Å². The molecule has 1 aliphatic heterocycles. The standard InChI is InChI=1S/C10H16N2O2/c1-2-10(13)8-5-11-12(6-8)9-3-4-14-7-9/h5-6,9-10,13H,2-4,7H2,1H3. The molecule has 0 saturated carbocycles. The fraction of sp³-hybridized carbons (Fsp3) is 0.700. The van der Waals surface area contributed by atoms with Gasteiger partial charge in [-0.05, 0) is 12.8 Å². The van der Waals surface area contributed by atoms with Crippen LogP contribution in [0.5, 0.6) is 0 Å². The van der Waals surface area contributed by atoms with Crippen molar-refractivity contribution in [2.24, 2.45) is 0 Å². The second-order valence-electron chi connectivity index (χ2n) is 3.70. The topological polar surface area (TPSA) is 47.3 Å². The van der Waals surface area contributed by atoms with Gasteiger partial charge in [-0.1, -0.05) is 6.92 Å². The highest BCUT2D eigenvalue weighted by molar-refractivity contribution is 5.08. The summed E-state index contributed by atoms with van der Waals surface area (Å²) in [7, 11) is 0. The van der Waals surface area contributed by atoms with Gasteiger partial charge in [-0.25, -0.2) is 0 Å². The van der Waals surface area contributed by atoms with E-state index in [2.05, 4.69) is 5.10 Å². The van der Waals surface area contributed by atoms with Crippen LogP contribution in [-0.2, 0) is 4.74 Å². The molecule has 2 heterocycles. The highest BCUT2D eigenvalue weighted by Gasteiger charge is 2.19. The summed E-state index contributed by atoms with van der Waals surface area (Å²) in [5, 5.41) is 13.8. The van der Waals surface area contributed by atoms with Crippen LogP contribution in [0.1, 0.15) is 37.5 Å². The van der Waals surface area contributed by atoms with Gasteiger partial charge in [0.25, 0.3) is 0 Å². The SMILES string of the molecule is CCC(O)c1cnn(C2CCOC2)c1. The van der Waals surface area contributed by atoms with Crippen molar-refractivity contribution in [3.63, 3.8) is 0 Å². The largest absolute Gasteiger partial charge is 0.388 e. The van der Waals surface area contributed by atoms with Gasteiger partial charge in [0.15, 0.2) is 0 Å². The number of ether oxygens (including phenoxy) is 1. The first-order valence-electron chi connectivity index (χ1n) is 5.11. The third-order valence-corrected chi connectivity index (χ3v) is 2.67. The smallest absolute Gasteiger partial charge is 0.0817 e. The van der Waals surface area contributed by atoms with Gasteiger partial charge in [-0.3, -0.25) is 4.68 Å². The molecule has 78 valence electrons. The van der Waals surface area contributed by atoms with Crippen LogP contribution < -0.4 is 0 Å². The molecule has 1 aromatic heterocycles. The lowest BCUT2D eigenvalue weighted by molar-refractivity contribution is 0.173. The average molecular weight is 196 g/mol. The number of hydrogen-bond acceptors (Lipinski definition) is 3. The van der Waals surface area contributed by atoms with Crippen LogP contribution in [-0.4, -0.2) is 28.1 Å². The molecule has 0 aliphatic carbocycles. The third-order valence-electron chi connectivity index (χ3n) is 2.67. The molecular weight excluding hydrogens is 180 g/mol. The van der Waals surface area contributed by atoms with Gasteiger partial charge < -0.3 is 9.84 Å². The summed E-state index contributed by atoms with van der Waals surface area (Å²) >= 11 is 0. The van der Waals surface area contributed by atoms with E-state index in [9.17, 15) is 5.11 Å². The molecule has 0 bridgehead atoms. The minimum Gasteiger partial charge on any atom is -0.388 e. The maximum absolute atomic E-state index is 9.60. The quantitative estimate of drug-likeness (QED) is 0.792. The fourth-order valence-corrected chi connectivity index (χ4v) is 1.69. The summed E-state index contributed by atoms with van der Waals surface area (Å²) in [6, 6.07) is 0.354. The number of nitrogens with zero attached hydrogens (tertiary/aromatic N) is 2. The molecule has 4 nitrogen and oxygen atoms in total. The molecule has 0 radical (unpaired) electrons. The van der Waals surface area contributed by atoms with Crippen molar-refractivity contribution in [2.45, 2.75) is 31.9 Å². The van der Waals surface area contributed by atoms with Gasteiger partial charge in [0.05, 0.1) is 24.9 Å². The summed E-state index contributed by atoms with van der Waals surface area (Å²) in [5.74, 6) is 0. The van der Waals surface area contributed by atoms with Crippen LogP contribution in [0, 0.1) is 0 Å². The van der Waals surface area contributed by atoms with Gasteiger partial charge in [-0.2, -0.15) is 5.10 Å². The summed E-state index contributed by atoms with van der Waals surface area (Å²) in [6.07, 6.45) is 5.03. The monoisotopic (exact) mass is 196 g/mol. The molecule has 1 aliphatic rings. The number of rotatable bonds is 3. The summed E-state index contributed by atoms with van der Waals surface area (Å²) < 4.78 is 7.19. The fourth-order valence-electron chi connectivity index (χ4n) is 1.69. The van der Waals surface area contributed by atoms with Crippen LogP contribution in [0.2, 0.25) is 0 Å². The number of aromatic nitrogens is 2. The van der Waals surface area contributed by atoms with E-state index in [1.807, 2.05) is 17.8 Å². The van der Waals surface area contributed by atoms with Gasteiger partial charge >= 0.3 is 0 Å². The molecule has 2 rings (SSSR count). The number of aliphatic hydroxyl groups excluding tert-OH is 1. The highest BCUT2D eigenvalue weighted by atomic mass is 16.5. The Morgan fingerprint density at radius 1 is 1.79 bits per heavy atom. The molecular formula is C10H16N2O2. The van der Waals surface area contributed by atoms with Crippen LogP contribution >= 0.6 is 0 Å². The van der Waals surface area contributed by atoms with E-state index in [1.165, 1.54) is 0 Å². The molecule has 14 heavy (non-hydrogen) atoms. The Balaban J connectivity index is 2.08. The lowest BCUT2D eigenvalue weighted by Gasteiger charge is -2.07. The van der Waals surface area contributed by atoms with Crippen LogP contribution in [0.25, 0.3) is 0 Å². The van der Waals surface area contributed by atoms with Crippen molar-refractivity contribution in [3.05, 3.63) is 18.0 Å². The maximum atomic E-state index is 9.60. The Morgan fingerprint density at radius 3 is 3.29 bits per heavy atom. The molecule has 1 fully saturated rings. The van der Waals surface area contributed by atoms with Crippen molar-refractivity contribution >= 4 is 0 Å². The van der Waals surface area contributed by atoms with Crippen molar-refractivity contribution in [1.82, 2.24) is 9.78 Å².